The number of nitrogens with zero attached hydrogens (tertiary/aromatic N) is 1. The highest BCUT2D eigenvalue weighted by molar-refractivity contribution is 5.67. The number of aryl methyl sites for hydroxylation is 1. The van der Waals surface area contributed by atoms with Gasteiger partial charge in [0.15, 0.2) is 23.3 Å². The molecule has 0 aromatic heterocycles. The van der Waals surface area contributed by atoms with Gasteiger partial charge >= 0.3 is 0 Å². The average Bonchev–Trinajstić information content (AvgIpc) is 2.62. The highest BCUT2D eigenvalue weighted by Crippen LogP contribution is 2.32. The summed E-state index contributed by atoms with van der Waals surface area (Å²) in [5.74, 6) is -6.45. The third-order valence-corrected chi connectivity index (χ3v) is 4.19. The van der Waals surface area contributed by atoms with Crippen molar-refractivity contribution in [2.24, 2.45) is 0 Å². The molecule has 25 heavy (non-hydrogen) atoms. The van der Waals surface area contributed by atoms with Gasteiger partial charge in [-0.05, 0) is 24.0 Å². The Kier molecular flexibility index (Phi) is 6.58. The fourth-order valence-electron chi connectivity index (χ4n) is 2.75. The van der Waals surface area contributed by atoms with E-state index in [-0.39, 0.29) is 5.56 Å². The van der Waals surface area contributed by atoms with Gasteiger partial charge in [0.2, 0.25) is 0 Å². The van der Waals surface area contributed by atoms with E-state index in [0.29, 0.717) is 0 Å². The van der Waals surface area contributed by atoms with Crippen molar-refractivity contribution in [3.8, 4) is 17.2 Å². The van der Waals surface area contributed by atoms with E-state index in [2.05, 4.69) is 6.92 Å². The van der Waals surface area contributed by atoms with Crippen molar-refractivity contribution in [2.45, 2.75) is 45.4 Å². The molecule has 0 aliphatic rings. The van der Waals surface area contributed by atoms with Gasteiger partial charge in [0.1, 0.15) is 11.6 Å². The lowest BCUT2D eigenvalue weighted by atomic mass is 9.98. The monoisotopic (exact) mass is 349 g/mol. The van der Waals surface area contributed by atoms with Gasteiger partial charge in [-0.15, -0.1) is 0 Å². The molecular formula is C20H19F4N. The molecule has 0 atom stereocenters. The van der Waals surface area contributed by atoms with Gasteiger partial charge in [-0.3, -0.25) is 0 Å². The van der Waals surface area contributed by atoms with Crippen LogP contribution in [-0.2, 0) is 6.42 Å². The number of hydrogen-bond acceptors (Lipinski definition) is 1. The van der Waals surface area contributed by atoms with Gasteiger partial charge in [0.25, 0.3) is 0 Å². The first kappa shape index (κ1) is 19.0. The molecule has 5 heteroatoms. The van der Waals surface area contributed by atoms with E-state index in [9.17, 15) is 17.6 Å². The SMILES string of the molecule is CCCCCCCc1ccc(-c2c(F)c(F)c(C#N)c(F)c2F)cc1. The molecule has 0 saturated carbocycles. The lowest BCUT2D eigenvalue weighted by Gasteiger charge is -2.10. The molecule has 1 nitrogen and oxygen atoms in total. The topological polar surface area (TPSA) is 23.8 Å². The van der Waals surface area contributed by atoms with Gasteiger partial charge in [-0.2, -0.15) is 5.26 Å². The average molecular weight is 349 g/mol. The zero-order chi connectivity index (χ0) is 18.4. The van der Waals surface area contributed by atoms with Crippen LogP contribution in [-0.4, -0.2) is 0 Å². The van der Waals surface area contributed by atoms with Crippen molar-refractivity contribution in [3.63, 3.8) is 0 Å². The van der Waals surface area contributed by atoms with Crippen LogP contribution in [0.15, 0.2) is 24.3 Å². The van der Waals surface area contributed by atoms with Crippen molar-refractivity contribution >= 4 is 0 Å². The molecule has 2 aromatic rings. The first-order chi connectivity index (χ1) is 12.0. The lowest BCUT2D eigenvalue weighted by Crippen LogP contribution is -2.03. The summed E-state index contributed by atoms with van der Waals surface area (Å²) in [6.45, 7) is 2.14. The molecule has 0 spiro atoms. The van der Waals surface area contributed by atoms with Gasteiger partial charge in [-0.1, -0.05) is 56.9 Å². The maximum Gasteiger partial charge on any atom is 0.180 e. The summed E-state index contributed by atoms with van der Waals surface area (Å²) < 4.78 is 55.6. The maximum absolute atomic E-state index is 14.1. The number of halogens is 4. The van der Waals surface area contributed by atoms with Gasteiger partial charge < -0.3 is 0 Å². The molecule has 0 unspecified atom stereocenters. The fraction of sp³-hybridized carbons (Fsp3) is 0.350. The van der Waals surface area contributed by atoms with Crippen LogP contribution in [0.2, 0.25) is 0 Å². The summed E-state index contributed by atoms with van der Waals surface area (Å²) >= 11 is 0. The van der Waals surface area contributed by atoms with Gasteiger partial charge in [0.05, 0.1) is 5.56 Å². The number of rotatable bonds is 7. The predicted octanol–water partition coefficient (Wildman–Crippen LogP) is 6.29. The van der Waals surface area contributed by atoms with Crippen molar-refractivity contribution in [3.05, 3.63) is 58.7 Å². The maximum atomic E-state index is 14.1. The van der Waals surface area contributed by atoms with Crippen LogP contribution < -0.4 is 0 Å². The van der Waals surface area contributed by atoms with Crippen LogP contribution in [0.4, 0.5) is 17.6 Å². The van der Waals surface area contributed by atoms with E-state index >= 15 is 0 Å². The van der Waals surface area contributed by atoms with Crippen molar-refractivity contribution in [1.29, 1.82) is 5.26 Å². The Morgan fingerprint density at radius 2 is 1.36 bits per heavy atom. The largest absolute Gasteiger partial charge is 0.203 e. The van der Waals surface area contributed by atoms with Crippen molar-refractivity contribution in [2.75, 3.05) is 0 Å². The summed E-state index contributed by atoms with van der Waals surface area (Å²) in [7, 11) is 0. The van der Waals surface area contributed by atoms with Gasteiger partial charge in [-0.25, -0.2) is 17.6 Å². The predicted molar refractivity (Wildman–Crippen MR) is 88.9 cm³/mol. The van der Waals surface area contributed by atoms with E-state index in [1.54, 1.807) is 12.1 Å². The Hall–Kier alpha value is -2.35. The quantitative estimate of drug-likeness (QED) is 0.327. The summed E-state index contributed by atoms with van der Waals surface area (Å²) in [4.78, 5) is 0. The lowest BCUT2D eigenvalue weighted by molar-refractivity contribution is 0.454. The molecule has 0 N–H and O–H groups in total. The Bertz CT molecular complexity index is 747. The van der Waals surface area contributed by atoms with Crippen LogP contribution in [0.5, 0.6) is 0 Å². The molecule has 2 aromatic carbocycles. The normalized spacial score (nSPS) is 10.7. The van der Waals surface area contributed by atoms with Crippen LogP contribution in [0.3, 0.4) is 0 Å². The standard InChI is InChI=1S/C20H19F4N/c1-2-3-4-5-6-7-13-8-10-14(11-9-13)16-19(23)17(21)15(12-25)18(22)20(16)24/h8-11H,2-7H2,1H3. The number of benzene rings is 2. The Balaban J connectivity index is 2.22. The molecule has 132 valence electrons. The molecule has 0 fully saturated rings. The zero-order valence-corrected chi connectivity index (χ0v) is 14.0. The van der Waals surface area contributed by atoms with Gasteiger partial charge in [0, 0.05) is 0 Å². The van der Waals surface area contributed by atoms with E-state index in [1.807, 2.05) is 0 Å². The second-order valence-corrected chi connectivity index (χ2v) is 5.98. The summed E-state index contributed by atoms with van der Waals surface area (Å²) in [5, 5.41) is 8.62. The molecule has 2 rings (SSSR count). The molecule has 0 saturated heterocycles. The molecule has 0 aliphatic heterocycles. The Morgan fingerprint density at radius 1 is 0.800 bits per heavy atom. The van der Waals surface area contributed by atoms with Crippen molar-refractivity contribution < 1.29 is 17.6 Å². The van der Waals surface area contributed by atoms with Crippen molar-refractivity contribution in [1.82, 2.24) is 0 Å². The minimum Gasteiger partial charge on any atom is -0.203 e. The van der Waals surface area contributed by atoms with Crippen LogP contribution in [0.25, 0.3) is 11.1 Å². The highest BCUT2D eigenvalue weighted by atomic mass is 19.2. The molecule has 0 aliphatic carbocycles. The van der Waals surface area contributed by atoms with E-state index in [0.717, 1.165) is 30.9 Å². The molecule has 0 bridgehead atoms. The first-order valence-corrected chi connectivity index (χ1v) is 8.36. The Morgan fingerprint density at radius 3 is 1.88 bits per heavy atom. The third kappa shape index (κ3) is 4.19. The molecule has 0 heterocycles. The minimum atomic E-state index is -1.67. The molecular weight excluding hydrogens is 330 g/mol. The second-order valence-electron chi connectivity index (χ2n) is 5.98. The van der Waals surface area contributed by atoms with Crippen LogP contribution in [0.1, 0.15) is 50.2 Å². The fourth-order valence-corrected chi connectivity index (χ4v) is 2.75. The van der Waals surface area contributed by atoms with Crippen LogP contribution >= 0.6 is 0 Å². The zero-order valence-electron chi connectivity index (χ0n) is 14.0. The first-order valence-electron chi connectivity index (χ1n) is 8.36. The summed E-state index contributed by atoms with van der Waals surface area (Å²) in [5.41, 5.74) is -1.01. The van der Waals surface area contributed by atoms with Crippen LogP contribution in [0, 0.1) is 34.6 Å². The molecule has 0 radical (unpaired) electrons. The number of nitriles is 1. The number of hydrogen-bond donors (Lipinski definition) is 0. The third-order valence-electron chi connectivity index (χ3n) is 4.19. The summed E-state index contributed by atoms with van der Waals surface area (Å²) in [6.07, 6.45) is 6.52. The highest BCUT2D eigenvalue weighted by Gasteiger charge is 2.26. The van der Waals surface area contributed by atoms with E-state index < -0.39 is 34.4 Å². The minimum absolute atomic E-state index is 0.0343. The van der Waals surface area contributed by atoms with E-state index in [1.165, 1.54) is 31.4 Å². The number of unbranched alkanes of at least 4 members (excludes halogenated alkanes) is 4. The molecule has 0 amide bonds. The summed E-state index contributed by atoms with van der Waals surface area (Å²) in [6, 6.07) is 7.41. The van der Waals surface area contributed by atoms with E-state index in [4.69, 9.17) is 5.26 Å². The smallest absolute Gasteiger partial charge is 0.180 e. The second kappa shape index (κ2) is 8.66. The Labute approximate surface area is 144 Å².